The number of likely N-dealkylation sites (tertiary alicyclic amines) is 1. The molecule has 0 bridgehead atoms. The highest BCUT2D eigenvalue weighted by Crippen LogP contribution is 2.22. The van der Waals surface area contributed by atoms with Gasteiger partial charge in [-0.1, -0.05) is 12.8 Å². The van der Waals surface area contributed by atoms with Gasteiger partial charge in [0.2, 0.25) is 5.90 Å². The van der Waals surface area contributed by atoms with Gasteiger partial charge in [-0.05, 0) is 38.7 Å². The average Bonchev–Trinajstić information content (AvgIpc) is 3.08. The zero-order chi connectivity index (χ0) is 19.4. The van der Waals surface area contributed by atoms with Crippen molar-refractivity contribution in [2.24, 2.45) is 10.7 Å². The van der Waals surface area contributed by atoms with Crippen LogP contribution in [-0.4, -0.2) is 53.0 Å². The molecule has 2 aliphatic heterocycles. The van der Waals surface area contributed by atoms with Crippen LogP contribution in [0.25, 0.3) is 0 Å². The average molecular weight is 377 g/mol. The van der Waals surface area contributed by atoms with E-state index in [0.29, 0.717) is 34.9 Å². The fourth-order valence-electron chi connectivity index (χ4n) is 3.97. The molecule has 1 saturated heterocycles. The van der Waals surface area contributed by atoms with Crippen LogP contribution in [0, 0.1) is 5.41 Å². The Balaban J connectivity index is 1.61. The van der Waals surface area contributed by atoms with E-state index in [4.69, 9.17) is 16.0 Å². The van der Waals surface area contributed by atoms with Crippen molar-refractivity contribution in [1.82, 2.24) is 15.7 Å². The largest absolute Gasteiger partial charge is 0.402 e. The minimum absolute atomic E-state index is 0.215. The first-order valence-electron chi connectivity index (χ1n) is 9.88. The Morgan fingerprint density at radius 2 is 2.04 bits per heavy atom. The topological polar surface area (TPSA) is 119 Å². The van der Waals surface area contributed by atoms with Gasteiger partial charge in [-0.15, -0.1) is 0 Å². The summed E-state index contributed by atoms with van der Waals surface area (Å²) in [5.41, 5.74) is 9.89. The molecule has 0 spiro atoms. The number of aliphatic hydroxyl groups excluding tert-OH is 1. The van der Waals surface area contributed by atoms with E-state index in [1.807, 2.05) is 0 Å². The number of hydrogen-bond donors (Lipinski definition) is 5. The number of amidine groups is 1. The second kappa shape index (κ2) is 8.75. The molecule has 27 heavy (non-hydrogen) atoms. The fourth-order valence-corrected chi connectivity index (χ4v) is 3.97. The highest BCUT2D eigenvalue weighted by molar-refractivity contribution is 5.99. The van der Waals surface area contributed by atoms with E-state index in [0.717, 1.165) is 45.2 Å². The van der Waals surface area contributed by atoms with E-state index < -0.39 is 0 Å². The number of aliphatic imine (C=N–C) groups is 1. The van der Waals surface area contributed by atoms with Crippen molar-refractivity contribution in [3.8, 4) is 0 Å². The highest BCUT2D eigenvalue weighted by atomic mass is 16.7. The standard InChI is InChI=1S/C19H32N6O2/c1-12(20)11-15(19-22-13(2)27-24-19)18(21)25-9-7-14(8-10-25)23-16-5-3-4-6-17(16)26/h11,14,16-17,21,23-24,26H,3-10,20H2,1-2H3/b12-11-,19-15?,21-18?/t16-,17-/m0/s1. The summed E-state index contributed by atoms with van der Waals surface area (Å²) in [4.78, 5) is 11.6. The van der Waals surface area contributed by atoms with Gasteiger partial charge in [0.05, 0.1) is 11.7 Å². The normalized spacial score (nSPS) is 29.1. The Hall–Kier alpha value is -2.06. The second-order valence-corrected chi connectivity index (χ2v) is 7.72. The molecule has 0 aromatic rings. The molecule has 1 saturated carbocycles. The van der Waals surface area contributed by atoms with E-state index in [2.05, 4.69) is 20.7 Å². The van der Waals surface area contributed by atoms with Crippen LogP contribution in [0.15, 0.2) is 28.2 Å². The fraction of sp³-hybridized carbons (Fsp3) is 0.684. The molecule has 3 aliphatic rings. The summed E-state index contributed by atoms with van der Waals surface area (Å²) >= 11 is 0. The molecular formula is C19H32N6O2. The van der Waals surface area contributed by atoms with Crippen LogP contribution in [0.1, 0.15) is 52.4 Å². The first-order valence-corrected chi connectivity index (χ1v) is 9.88. The zero-order valence-electron chi connectivity index (χ0n) is 16.3. The van der Waals surface area contributed by atoms with E-state index in [-0.39, 0.29) is 12.1 Å². The molecular weight excluding hydrogens is 344 g/mol. The Kier molecular flexibility index (Phi) is 6.38. The van der Waals surface area contributed by atoms with Crippen LogP contribution in [0.4, 0.5) is 0 Å². The third-order valence-corrected chi connectivity index (χ3v) is 5.44. The van der Waals surface area contributed by atoms with Crippen molar-refractivity contribution in [2.45, 2.75) is 70.6 Å². The van der Waals surface area contributed by atoms with Gasteiger partial charge >= 0.3 is 0 Å². The van der Waals surface area contributed by atoms with Crippen LogP contribution in [0.3, 0.4) is 0 Å². The Morgan fingerprint density at radius 1 is 1.33 bits per heavy atom. The maximum Gasteiger partial charge on any atom is 0.220 e. The summed E-state index contributed by atoms with van der Waals surface area (Å²) in [6.45, 7) is 5.14. The molecule has 1 aliphatic carbocycles. The third kappa shape index (κ3) is 5.01. The predicted molar refractivity (Wildman–Crippen MR) is 106 cm³/mol. The molecule has 0 aromatic heterocycles. The first-order chi connectivity index (χ1) is 12.9. The van der Waals surface area contributed by atoms with Gasteiger partial charge in [0, 0.05) is 37.8 Å². The van der Waals surface area contributed by atoms with Crippen molar-refractivity contribution in [2.75, 3.05) is 13.1 Å². The first kappa shape index (κ1) is 19.7. The summed E-state index contributed by atoms with van der Waals surface area (Å²) in [5.74, 6) is 1.45. The molecule has 0 aromatic carbocycles. The Morgan fingerprint density at radius 3 is 2.63 bits per heavy atom. The summed E-state index contributed by atoms with van der Waals surface area (Å²) in [6, 6.07) is 0.607. The predicted octanol–water partition coefficient (Wildman–Crippen LogP) is 1.35. The van der Waals surface area contributed by atoms with Crippen molar-refractivity contribution >= 4 is 11.7 Å². The lowest BCUT2D eigenvalue weighted by Gasteiger charge is -2.38. The van der Waals surface area contributed by atoms with E-state index >= 15 is 0 Å². The van der Waals surface area contributed by atoms with Gasteiger partial charge in [0.1, 0.15) is 5.84 Å². The summed E-state index contributed by atoms with van der Waals surface area (Å²) in [7, 11) is 0. The molecule has 150 valence electrons. The number of piperidine rings is 1. The van der Waals surface area contributed by atoms with Gasteiger partial charge in [0.15, 0.2) is 5.82 Å². The van der Waals surface area contributed by atoms with Gasteiger partial charge in [0.25, 0.3) is 0 Å². The molecule has 0 radical (unpaired) electrons. The van der Waals surface area contributed by atoms with Gasteiger partial charge in [-0.25, -0.2) is 5.48 Å². The van der Waals surface area contributed by atoms with Crippen molar-refractivity contribution in [1.29, 1.82) is 5.41 Å². The number of nitrogens with zero attached hydrogens (tertiary/aromatic N) is 2. The molecule has 2 heterocycles. The van der Waals surface area contributed by atoms with Gasteiger partial charge in [-0.2, -0.15) is 4.99 Å². The number of nitrogens with two attached hydrogens (primary N) is 1. The monoisotopic (exact) mass is 376 g/mol. The minimum atomic E-state index is -0.223. The van der Waals surface area contributed by atoms with E-state index in [1.165, 1.54) is 6.42 Å². The molecule has 3 rings (SSSR count). The van der Waals surface area contributed by atoms with Crippen LogP contribution in [0.5, 0.6) is 0 Å². The zero-order valence-corrected chi connectivity index (χ0v) is 16.3. The van der Waals surface area contributed by atoms with Crippen molar-refractivity contribution in [3.05, 3.63) is 23.2 Å². The van der Waals surface area contributed by atoms with Gasteiger partial charge < -0.3 is 25.9 Å². The number of hydrogen-bond acceptors (Lipinski definition) is 7. The quantitative estimate of drug-likeness (QED) is 0.373. The molecule has 8 nitrogen and oxygen atoms in total. The minimum Gasteiger partial charge on any atom is -0.402 e. The molecule has 0 amide bonds. The lowest BCUT2D eigenvalue weighted by molar-refractivity contribution is 0.0797. The molecule has 2 atom stereocenters. The number of rotatable bonds is 4. The Labute approximate surface area is 161 Å². The number of nitrogens with one attached hydrogen (secondary N) is 3. The third-order valence-electron chi connectivity index (χ3n) is 5.44. The van der Waals surface area contributed by atoms with Gasteiger partial charge in [-0.3, -0.25) is 5.41 Å². The van der Waals surface area contributed by atoms with Crippen molar-refractivity contribution < 1.29 is 9.94 Å². The smallest absolute Gasteiger partial charge is 0.220 e. The molecule has 2 fully saturated rings. The maximum atomic E-state index is 10.2. The molecule has 6 N–H and O–H groups in total. The lowest BCUT2D eigenvalue weighted by Crippen LogP contribution is -2.51. The van der Waals surface area contributed by atoms with Crippen LogP contribution >= 0.6 is 0 Å². The van der Waals surface area contributed by atoms with Crippen LogP contribution in [-0.2, 0) is 4.84 Å². The van der Waals surface area contributed by atoms with E-state index in [1.54, 1.807) is 19.9 Å². The Bertz CT molecular complexity index is 645. The van der Waals surface area contributed by atoms with E-state index in [9.17, 15) is 5.11 Å². The molecule has 8 heteroatoms. The highest BCUT2D eigenvalue weighted by Gasteiger charge is 2.29. The lowest BCUT2D eigenvalue weighted by atomic mass is 9.91. The maximum absolute atomic E-state index is 10.2. The second-order valence-electron chi connectivity index (χ2n) is 7.72. The number of hydroxylamine groups is 1. The number of aliphatic hydroxyl groups is 1. The van der Waals surface area contributed by atoms with Crippen LogP contribution in [0.2, 0.25) is 0 Å². The van der Waals surface area contributed by atoms with Crippen LogP contribution < -0.4 is 16.5 Å². The summed E-state index contributed by atoms with van der Waals surface area (Å²) < 4.78 is 0. The summed E-state index contributed by atoms with van der Waals surface area (Å²) in [6.07, 6.45) is 7.71. The van der Waals surface area contributed by atoms with Crippen molar-refractivity contribution in [3.63, 3.8) is 0 Å². The number of allylic oxidation sites excluding steroid dienone is 1. The molecule has 0 unspecified atom stereocenters. The SMILES string of the molecule is CC1=NC(=C(/C=C(/C)N)C(=N)N2CCC(N[C@H]3CCCC[C@@H]3O)CC2)NO1. The summed E-state index contributed by atoms with van der Waals surface area (Å²) in [5, 5.41) is 22.5.